The summed E-state index contributed by atoms with van der Waals surface area (Å²) in [5, 5.41) is 29.8. The zero-order chi connectivity index (χ0) is 55.5. The summed E-state index contributed by atoms with van der Waals surface area (Å²) in [6.07, 6.45) is 0.314. The zero-order valence-corrected chi connectivity index (χ0v) is 45.4. The summed E-state index contributed by atoms with van der Waals surface area (Å²) in [4.78, 5) is 102. The van der Waals surface area contributed by atoms with Gasteiger partial charge in [-0.1, -0.05) is 99.1 Å². The monoisotopic (exact) mass is 1140 g/mol. The van der Waals surface area contributed by atoms with Gasteiger partial charge in [0.1, 0.15) is 36.3 Å². The Morgan fingerprint density at radius 3 is 2.16 bits per heavy atom. The van der Waals surface area contributed by atoms with Gasteiger partial charge in [0.2, 0.25) is 17.7 Å². The molecule has 0 radical (unpaired) electrons. The summed E-state index contributed by atoms with van der Waals surface area (Å²) in [5.74, 6) is -1.27. The molecule has 8 atom stereocenters. The highest BCUT2D eigenvalue weighted by Crippen LogP contribution is 2.61. The fourth-order valence-corrected chi connectivity index (χ4v) is 11.4. The van der Waals surface area contributed by atoms with E-state index in [0.29, 0.717) is 19.3 Å². The number of benzene rings is 2. The number of nitrogens with zero attached hydrogens (tertiary/aromatic N) is 4. The molecule has 30 heteroatoms. The number of amides is 3. The predicted octanol–water partition coefficient (Wildman–Crippen LogP) is 3.76. The first-order chi connectivity index (χ1) is 35.9. The number of imidazole rings is 1. The predicted molar refractivity (Wildman–Crippen MR) is 276 cm³/mol. The van der Waals surface area contributed by atoms with Gasteiger partial charge in [-0.2, -0.15) is 4.31 Å². The quantitative estimate of drug-likeness (QED) is 0.0240. The van der Waals surface area contributed by atoms with E-state index in [9.17, 15) is 62.7 Å². The van der Waals surface area contributed by atoms with Gasteiger partial charge in [0.15, 0.2) is 22.8 Å². The molecule has 3 heterocycles. The number of aromatic nitrogens is 4. The van der Waals surface area contributed by atoms with Crippen LogP contribution in [-0.2, 0) is 68.3 Å². The van der Waals surface area contributed by atoms with Crippen LogP contribution in [0.5, 0.6) is 0 Å². The Morgan fingerprint density at radius 1 is 0.816 bits per heavy atom. The van der Waals surface area contributed by atoms with Crippen molar-refractivity contribution in [2.45, 2.75) is 121 Å². The molecule has 1 aliphatic rings. The van der Waals surface area contributed by atoms with Crippen molar-refractivity contribution in [2.75, 3.05) is 37.8 Å². The third-order valence-electron chi connectivity index (χ3n) is 11.9. The zero-order valence-electron chi connectivity index (χ0n) is 41.9. The van der Waals surface area contributed by atoms with E-state index in [1.165, 1.54) is 19.4 Å². The van der Waals surface area contributed by atoms with E-state index in [1.807, 2.05) is 48.5 Å². The molecular weight excluding hydrogens is 1080 g/mol. The van der Waals surface area contributed by atoms with Gasteiger partial charge in [0, 0.05) is 49.6 Å². The number of hydrogen-bond acceptors (Lipinski definition) is 19. The number of aliphatic hydroxyl groups excluding tert-OH is 2. The number of anilines is 1. The lowest BCUT2D eigenvalue weighted by Crippen LogP contribution is -2.46. The number of nitrogens with one attached hydrogen (secondary N) is 3. The highest BCUT2D eigenvalue weighted by molar-refractivity contribution is 8.13. The number of carbonyl (C=O) groups excluding carboxylic acids is 4. The summed E-state index contributed by atoms with van der Waals surface area (Å²) in [7, 11) is -16.5. The number of hydrogen-bond donors (Lipinski definition) is 10. The van der Waals surface area contributed by atoms with Gasteiger partial charge in [-0.25, -0.2) is 28.6 Å². The van der Waals surface area contributed by atoms with Crippen LogP contribution in [0.1, 0.15) is 89.0 Å². The first-order valence-corrected chi connectivity index (χ1v) is 29.8. The molecule has 420 valence electrons. The molecule has 0 saturated carbocycles. The molecule has 2 aromatic heterocycles. The Bertz CT molecular complexity index is 2670. The number of ether oxygens (including phenoxy) is 1. The van der Waals surface area contributed by atoms with Crippen molar-refractivity contribution >= 4 is 75.0 Å². The summed E-state index contributed by atoms with van der Waals surface area (Å²) in [5.41, 5.74) is 6.68. The van der Waals surface area contributed by atoms with Crippen LogP contribution in [0, 0.1) is 5.41 Å². The maximum absolute atomic E-state index is 12.9. The molecule has 0 spiro atoms. The number of phosphoric ester groups is 3. The maximum Gasteiger partial charge on any atom is 0.481 e. The van der Waals surface area contributed by atoms with Gasteiger partial charge in [0.25, 0.3) is 0 Å². The van der Waals surface area contributed by atoms with E-state index < -0.39 is 84.6 Å². The number of rotatable bonds is 33. The Hall–Kier alpha value is -4.53. The molecule has 8 unspecified atom stereocenters. The maximum atomic E-state index is 12.9. The summed E-state index contributed by atoms with van der Waals surface area (Å²) < 4.78 is 62.7. The molecule has 0 bridgehead atoms. The Balaban J connectivity index is 0.972. The van der Waals surface area contributed by atoms with Crippen molar-refractivity contribution in [3.8, 4) is 0 Å². The number of carbonyl (C=O) groups is 4. The molecule has 76 heavy (non-hydrogen) atoms. The number of nitrogens with two attached hydrogens (primary N) is 1. The summed E-state index contributed by atoms with van der Waals surface area (Å²) >= 11 is 1.05. The van der Waals surface area contributed by atoms with Gasteiger partial charge in [-0.15, -0.1) is 0 Å². The Morgan fingerprint density at radius 2 is 1.47 bits per heavy atom. The SMILES string of the molecule is CC(C)(COP(=O)(O)OP(=O)(O)OCC1OC(n2cnc3c(N)ncnc32)C(O)C1OP(=O)(O)O)C(O)C(=O)NCCC(=O)NCCSC(=O)CCC(CCc1ccccc1)NC(=O)CCCCCCc1ccccc1. The molecule has 3 amide bonds. The smallest absolute Gasteiger partial charge is 0.386 e. The fraction of sp³-hybridized carbons (Fsp3) is 0.543. The highest BCUT2D eigenvalue weighted by atomic mass is 32.2. The second-order valence-corrected chi connectivity index (χ2v) is 23.9. The number of aryl methyl sites for hydroxylation is 2. The highest BCUT2D eigenvalue weighted by Gasteiger charge is 2.50. The minimum atomic E-state index is -5.60. The first-order valence-electron chi connectivity index (χ1n) is 24.3. The lowest BCUT2D eigenvalue weighted by atomic mass is 9.87. The fourth-order valence-electron chi connectivity index (χ4n) is 7.85. The number of nitrogen functional groups attached to an aromatic ring is 1. The van der Waals surface area contributed by atoms with E-state index >= 15 is 0 Å². The first kappa shape index (κ1) is 62.3. The van der Waals surface area contributed by atoms with E-state index in [-0.39, 0.29) is 65.7 Å². The summed E-state index contributed by atoms with van der Waals surface area (Å²) in [6, 6.07) is 20.0. The van der Waals surface area contributed by atoms with Crippen LogP contribution in [0.2, 0.25) is 0 Å². The largest absolute Gasteiger partial charge is 0.481 e. The van der Waals surface area contributed by atoms with Crippen LogP contribution in [-0.4, -0.2) is 135 Å². The average molecular weight is 1150 g/mol. The molecule has 1 aliphatic heterocycles. The number of fused-ring (bicyclic) bond motifs is 1. The van der Waals surface area contributed by atoms with Crippen LogP contribution < -0.4 is 21.7 Å². The Labute approximate surface area is 443 Å². The number of phosphoric acid groups is 3. The van der Waals surface area contributed by atoms with Crippen LogP contribution >= 0.6 is 35.2 Å². The van der Waals surface area contributed by atoms with Crippen molar-refractivity contribution in [3.63, 3.8) is 0 Å². The van der Waals surface area contributed by atoms with Crippen LogP contribution in [0.3, 0.4) is 0 Å². The normalized spacial score (nSPS) is 19.3. The van der Waals surface area contributed by atoms with E-state index in [2.05, 4.69) is 51.9 Å². The van der Waals surface area contributed by atoms with Crippen LogP contribution in [0.25, 0.3) is 11.2 Å². The standard InChI is InChI=1S/C46H67N8O18P3S/c1-46(2,28-69-75(66,67)72-74(64,65)68-27-34-40(71-73(61,62)63)39(58)45(70-34)54-30-52-38-42(47)50-29-51-43(38)54)41(59)44(60)49-24-23-35(55)48-25-26-76-37(57)22-21-33(20-19-32-16-10-6-11-17-32)53-36(56)18-12-4-3-7-13-31-14-8-5-9-15-31/h5-6,8-11,14-17,29-30,33-34,39-41,45,58-59H,3-4,7,12-13,18-28H2,1-2H3,(H,48,55)(H,49,60)(H,53,56)(H,64,65)(H,66,67)(H2,47,50,51)(H2,61,62,63). The van der Waals surface area contributed by atoms with Crippen LogP contribution in [0.4, 0.5) is 5.82 Å². The molecule has 26 nitrogen and oxygen atoms in total. The van der Waals surface area contributed by atoms with Crippen molar-refractivity contribution in [1.29, 1.82) is 0 Å². The van der Waals surface area contributed by atoms with E-state index in [1.54, 1.807) is 0 Å². The second kappa shape index (κ2) is 29.4. The molecule has 4 aromatic rings. The molecular formula is C46H67N8O18P3S. The summed E-state index contributed by atoms with van der Waals surface area (Å²) in [6.45, 7) is 0.362. The van der Waals surface area contributed by atoms with E-state index in [0.717, 1.165) is 73.1 Å². The molecule has 1 fully saturated rings. The molecule has 11 N–H and O–H groups in total. The van der Waals surface area contributed by atoms with Crippen molar-refractivity contribution < 1.29 is 85.3 Å². The third kappa shape index (κ3) is 21.0. The minimum absolute atomic E-state index is 0.0240. The van der Waals surface area contributed by atoms with Crippen molar-refractivity contribution in [2.24, 2.45) is 5.41 Å². The van der Waals surface area contributed by atoms with Crippen molar-refractivity contribution in [1.82, 2.24) is 35.5 Å². The number of thioether (sulfide) groups is 1. The van der Waals surface area contributed by atoms with Gasteiger partial charge in [-0.05, 0) is 49.7 Å². The topological polar surface area (TPSA) is 393 Å². The number of unbranched alkanes of at least 4 members (excludes halogenated alkanes) is 3. The molecule has 0 aliphatic carbocycles. The lowest BCUT2D eigenvalue weighted by Gasteiger charge is -2.30. The molecule has 5 rings (SSSR count). The lowest BCUT2D eigenvalue weighted by molar-refractivity contribution is -0.137. The third-order valence-corrected chi connectivity index (χ3v) is 15.9. The molecule has 2 aromatic carbocycles. The van der Waals surface area contributed by atoms with Crippen LogP contribution in [0.15, 0.2) is 73.3 Å². The van der Waals surface area contributed by atoms with Gasteiger partial charge in [-0.3, -0.25) is 37.3 Å². The number of aliphatic hydroxyl groups is 2. The van der Waals surface area contributed by atoms with Gasteiger partial charge >= 0.3 is 23.5 Å². The van der Waals surface area contributed by atoms with Gasteiger partial charge in [0.05, 0.1) is 19.5 Å². The average Bonchev–Trinajstić information content (AvgIpc) is 3.93. The van der Waals surface area contributed by atoms with E-state index in [4.69, 9.17) is 19.5 Å². The minimum Gasteiger partial charge on any atom is -0.386 e. The van der Waals surface area contributed by atoms with Crippen molar-refractivity contribution in [3.05, 3.63) is 84.4 Å². The molecule has 1 saturated heterocycles. The Kier molecular flexibility index (Phi) is 24.1. The second-order valence-electron chi connectivity index (χ2n) is 18.5. The van der Waals surface area contributed by atoms with Gasteiger partial charge < -0.3 is 56.2 Å².